The molecule has 3 rings (SSSR count). The van der Waals surface area contributed by atoms with Gasteiger partial charge >= 0.3 is 12.1 Å². The highest BCUT2D eigenvalue weighted by molar-refractivity contribution is 5.90. The summed E-state index contributed by atoms with van der Waals surface area (Å²) in [5.74, 6) is 0.506. The molecule has 30 heavy (non-hydrogen) atoms. The van der Waals surface area contributed by atoms with Gasteiger partial charge in [-0.3, -0.25) is 0 Å². The van der Waals surface area contributed by atoms with E-state index in [4.69, 9.17) is 0 Å². The van der Waals surface area contributed by atoms with E-state index in [1.54, 1.807) is 11.1 Å². The van der Waals surface area contributed by atoms with Gasteiger partial charge in [0.1, 0.15) is 11.6 Å². The average molecular weight is 414 g/mol. The van der Waals surface area contributed by atoms with Crippen LogP contribution in [0.1, 0.15) is 20.3 Å². The first kappa shape index (κ1) is 21.4. The van der Waals surface area contributed by atoms with Crippen LogP contribution in [0.15, 0.2) is 42.6 Å². The van der Waals surface area contributed by atoms with E-state index in [2.05, 4.69) is 39.7 Å². The molecule has 0 aliphatic carbocycles. The molecule has 0 unspecified atom stereocenters. The zero-order valence-corrected chi connectivity index (χ0v) is 17.2. The molecule has 1 saturated heterocycles. The molecule has 8 nitrogen and oxygen atoms in total. The zero-order chi connectivity index (χ0) is 21.5. The second-order valence-corrected chi connectivity index (χ2v) is 7.04. The molecular formula is C21H27FN6O2. The number of nitrogens with zero attached hydrogens (tertiary/aromatic N) is 3. The van der Waals surface area contributed by atoms with Gasteiger partial charge in [-0.1, -0.05) is 0 Å². The highest BCUT2D eigenvalue weighted by Crippen LogP contribution is 2.16. The molecule has 160 valence electrons. The second-order valence-electron chi connectivity index (χ2n) is 7.04. The molecule has 4 amide bonds. The van der Waals surface area contributed by atoms with Gasteiger partial charge in [0.2, 0.25) is 0 Å². The number of carbonyl (C=O) groups excluding carboxylic acids is 2. The lowest BCUT2D eigenvalue weighted by molar-refractivity contribution is 0.220. The lowest BCUT2D eigenvalue weighted by Crippen LogP contribution is -2.41. The first-order chi connectivity index (χ1) is 14.5. The third kappa shape index (κ3) is 5.59. The summed E-state index contributed by atoms with van der Waals surface area (Å²) < 4.78 is 12.9. The molecule has 0 radical (unpaired) electrons. The second kappa shape index (κ2) is 9.91. The Morgan fingerprint density at radius 1 is 1.10 bits per heavy atom. The van der Waals surface area contributed by atoms with Crippen molar-refractivity contribution in [2.24, 2.45) is 0 Å². The van der Waals surface area contributed by atoms with Crippen LogP contribution < -0.4 is 20.9 Å². The van der Waals surface area contributed by atoms with Crippen LogP contribution in [0.3, 0.4) is 0 Å². The van der Waals surface area contributed by atoms with Gasteiger partial charge in [-0.05, 0) is 56.7 Å². The number of rotatable bonds is 6. The molecule has 2 heterocycles. The smallest absolute Gasteiger partial charge is 0.321 e. The lowest BCUT2D eigenvalue weighted by atomic mass is 10.3. The van der Waals surface area contributed by atoms with Crippen LogP contribution in [0.4, 0.5) is 31.2 Å². The fourth-order valence-corrected chi connectivity index (χ4v) is 3.35. The molecule has 2 aromatic rings. The summed E-state index contributed by atoms with van der Waals surface area (Å²) >= 11 is 0. The highest BCUT2D eigenvalue weighted by Gasteiger charge is 2.27. The molecule has 1 aromatic carbocycles. The van der Waals surface area contributed by atoms with Crippen molar-refractivity contribution in [2.45, 2.75) is 26.3 Å². The summed E-state index contributed by atoms with van der Waals surface area (Å²) in [7, 11) is 0. The van der Waals surface area contributed by atoms with Gasteiger partial charge in [-0.25, -0.2) is 19.0 Å². The summed E-state index contributed by atoms with van der Waals surface area (Å²) in [6.45, 7) is 6.82. The van der Waals surface area contributed by atoms with E-state index < -0.39 is 0 Å². The normalized spacial score (nSPS) is 15.6. The Hall–Kier alpha value is -3.36. The van der Waals surface area contributed by atoms with Crippen LogP contribution in [-0.2, 0) is 0 Å². The van der Waals surface area contributed by atoms with Crippen molar-refractivity contribution < 1.29 is 14.0 Å². The number of urea groups is 2. The summed E-state index contributed by atoms with van der Waals surface area (Å²) in [6, 6.07) is 8.49. The minimum atomic E-state index is -0.384. The third-order valence-corrected chi connectivity index (χ3v) is 5.00. The minimum Gasteiger partial charge on any atom is -0.357 e. The van der Waals surface area contributed by atoms with Crippen molar-refractivity contribution in [3.63, 3.8) is 0 Å². The number of pyridine rings is 1. The number of anilines is 3. The van der Waals surface area contributed by atoms with Crippen molar-refractivity contribution in [1.29, 1.82) is 0 Å². The number of benzene rings is 1. The average Bonchev–Trinajstić information content (AvgIpc) is 3.20. The van der Waals surface area contributed by atoms with Gasteiger partial charge in [0.25, 0.3) is 0 Å². The number of nitrogens with one attached hydrogen (secondary N) is 3. The van der Waals surface area contributed by atoms with Crippen LogP contribution in [0.25, 0.3) is 0 Å². The van der Waals surface area contributed by atoms with Crippen LogP contribution >= 0.6 is 0 Å². The maximum absolute atomic E-state index is 12.9. The number of carbonyl (C=O) groups is 2. The van der Waals surface area contributed by atoms with E-state index in [1.807, 2.05) is 12.1 Å². The zero-order valence-electron chi connectivity index (χ0n) is 17.2. The Labute approximate surface area is 175 Å². The Bertz CT molecular complexity index is 855. The molecule has 1 aromatic heterocycles. The fraction of sp³-hybridized carbons (Fsp3) is 0.381. The molecule has 1 fully saturated rings. The predicted octanol–water partition coefficient (Wildman–Crippen LogP) is 3.49. The number of hydrogen-bond acceptors (Lipinski definition) is 4. The molecule has 1 aliphatic rings. The summed E-state index contributed by atoms with van der Waals surface area (Å²) in [5.41, 5.74) is 1.13. The number of halogens is 1. The summed E-state index contributed by atoms with van der Waals surface area (Å²) in [5, 5.41) is 8.34. The van der Waals surface area contributed by atoms with E-state index in [1.165, 1.54) is 24.3 Å². The van der Waals surface area contributed by atoms with Crippen LogP contribution in [-0.4, -0.2) is 54.2 Å². The van der Waals surface area contributed by atoms with Crippen molar-refractivity contribution in [3.8, 4) is 0 Å². The van der Waals surface area contributed by atoms with E-state index >= 15 is 0 Å². The number of aromatic nitrogens is 1. The Morgan fingerprint density at radius 3 is 2.43 bits per heavy atom. The Morgan fingerprint density at radius 2 is 1.80 bits per heavy atom. The Balaban J connectivity index is 1.47. The standard InChI is InChI=1S/C21H27FN6O2/c1-3-27(4-2)19-10-9-17(13-23-19)26-21(30)28-12-11-18(14-28)25-20(29)24-16-7-5-15(22)6-8-16/h5-10,13,18H,3-4,11-12,14H2,1-2H3,(H,26,30)(H2,24,25,29)/t18-/m1/s1. The van der Waals surface area contributed by atoms with E-state index in [9.17, 15) is 14.0 Å². The van der Waals surface area contributed by atoms with E-state index in [0.29, 0.717) is 30.9 Å². The quantitative estimate of drug-likeness (QED) is 0.675. The number of amides is 4. The van der Waals surface area contributed by atoms with Gasteiger partial charge < -0.3 is 25.8 Å². The van der Waals surface area contributed by atoms with Gasteiger partial charge in [-0.15, -0.1) is 0 Å². The molecule has 1 aliphatic heterocycles. The number of hydrogen-bond donors (Lipinski definition) is 3. The van der Waals surface area contributed by atoms with Crippen LogP contribution in [0, 0.1) is 5.82 Å². The monoisotopic (exact) mass is 414 g/mol. The van der Waals surface area contributed by atoms with Gasteiger partial charge in [-0.2, -0.15) is 0 Å². The predicted molar refractivity (Wildman–Crippen MR) is 115 cm³/mol. The van der Waals surface area contributed by atoms with Crippen molar-refractivity contribution in [3.05, 3.63) is 48.4 Å². The maximum Gasteiger partial charge on any atom is 0.321 e. The van der Waals surface area contributed by atoms with E-state index in [0.717, 1.165) is 18.9 Å². The van der Waals surface area contributed by atoms with Crippen molar-refractivity contribution in [1.82, 2.24) is 15.2 Å². The molecule has 1 atom stereocenters. The van der Waals surface area contributed by atoms with Crippen molar-refractivity contribution >= 4 is 29.3 Å². The number of likely N-dealkylation sites (tertiary alicyclic amines) is 1. The molecular weight excluding hydrogens is 387 g/mol. The fourth-order valence-electron chi connectivity index (χ4n) is 3.35. The molecule has 0 bridgehead atoms. The maximum atomic E-state index is 12.9. The van der Waals surface area contributed by atoms with Gasteiger partial charge in [0.05, 0.1) is 11.9 Å². The molecule has 0 saturated carbocycles. The summed E-state index contributed by atoms with van der Waals surface area (Å²) in [6.07, 6.45) is 2.30. The van der Waals surface area contributed by atoms with Gasteiger partial charge in [0.15, 0.2) is 0 Å². The SMILES string of the molecule is CCN(CC)c1ccc(NC(=O)N2CC[C@@H](NC(=O)Nc3ccc(F)cc3)C2)cn1. The third-order valence-electron chi connectivity index (χ3n) is 5.00. The van der Waals surface area contributed by atoms with Crippen LogP contribution in [0.5, 0.6) is 0 Å². The Kier molecular flexibility index (Phi) is 7.05. The highest BCUT2D eigenvalue weighted by atomic mass is 19.1. The minimum absolute atomic E-state index is 0.153. The summed E-state index contributed by atoms with van der Waals surface area (Å²) in [4.78, 5) is 32.8. The van der Waals surface area contributed by atoms with Crippen molar-refractivity contribution in [2.75, 3.05) is 41.7 Å². The topological polar surface area (TPSA) is 89.6 Å². The largest absolute Gasteiger partial charge is 0.357 e. The molecule has 9 heteroatoms. The lowest BCUT2D eigenvalue weighted by Gasteiger charge is -2.20. The molecule has 3 N–H and O–H groups in total. The molecule has 0 spiro atoms. The van der Waals surface area contributed by atoms with Gasteiger partial charge in [0, 0.05) is 37.9 Å². The van der Waals surface area contributed by atoms with E-state index in [-0.39, 0.29) is 23.9 Å². The van der Waals surface area contributed by atoms with Crippen LogP contribution in [0.2, 0.25) is 0 Å². The first-order valence-electron chi connectivity index (χ1n) is 10.1. The first-order valence-corrected chi connectivity index (χ1v) is 10.1.